The molecule has 2 saturated heterocycles. The quantitative estimate of drug-likeness (QED) is 0.666. The first-order chi connectivity index (χ1) is 15.0. The highest BCUT2D eigenvalue weighted by Crippen LogP contribution is 2.42. The lowest BCUT2D eigenvalue weighted by Crippen LogP contribution is -2.47. The molecule has 0 aliphatic carbocycles. The molecule has 2 unspecified atom stereocenters. The lowest BCUT2D eigenvalue weighted by Gasteiger charge is -2.39. The van der Waals surface area contributed by atoms with E-state index >= 15 is 0 Å². The number of carbonyl (C=O) groups excluding carboxylic acids is 3. The molecule has 0 saturated carbocycles. The van der Waals surface area contributed by atoms with Crippen molar-refractivity contribution < 1.29 is 23.9 Å². The van der Waals surface area contributed by atoms with E-state index in [9.17, 15) is 14.4 Å². The predicted octanol–water partition coefficient (Wildman–Crippen LogP) is 2.94. The van der Waals surface area contributed by atoms with E-state index < -0.39 is 17.9 Å². The van der Waals surface area contributed by atoms with Crippen LogP contribution in [-0.4, -0.2) is 55.6 Å². The maximum atomic E-state index is 13.1. The second-order valence-electron chi connectivity index (χ2n) is 7.81. The van der Waals surface area contributed by atoms with E-state index in [2.05, 4.69) is 0 Å². The van der Waals surface area contributed by atoms with Gasteiger partial charge in [0, 0.05) is 30.1 Å². The summed E-state index contributed by atoms with van der Waals surface area (Å²) >= 11 is 1.51. The third kappa shape index (κ3) is 4.80. The normalized spacial score (nSPS) is 21.8. The highest BCUT2D eigenvalue weighted by molar-refractivity contribution is 7.10. The SMILES string of the molecule is Cc1ccc(N2C(=O)CCC(C(=O)OCC(=O)N3CCOCC3)C2c2cccs2)cc1. The van der Waals surface area contributed by atoms with Crippen molar-refractivity contribution in [2.24, 2.45) is 5.92 Å². The number of hydrogen-bond donors (Lipinski definition) is 0. The maximum Gasteiger partial charge on any atom is 0.311 e. The van der Waals surface area contributed by atoms with E-state index in [4.69, 9.17) is 9.47 Å². The van der Waals surface area contributed by atoms with Crippen molar-refractivity contribution in [3.8, 4) is 0 Å². The molecule has 2 fully saturated rings. The number of carbonyl (C=O) groups is 3. The summed E-state index contributed by atoms with van der Waals surface area (Å²) in [5.41, 5.74) is 1.86. The first-order valence-corrected chi connectivity index (χ1v) is 11.4. The molecule has 31 heavy (non-hydrogen) atoms. The molecular formula is C23H26N2O5S. The Morgan fingerprint density at radius 3 is 2.58 bits per heavy atom. The number of anilines is 1. The lowest BCUT2D eigenvalue weighted by molar-refractivity contribution is -0.158. The number of morpholine rings is 1. The van der Waals surface area contributed by atoms with Crippen LogP contribution in [0.1, 0.15) is 29.3 Å². The third-order valence-electron chi connectivity index (χ3n) is 5.75. The number of thiophene rings is 1. The van der Waals surface area contributed by atoms with Crippen molar-refractivity contribution in [3.63, 3.8) is 0 Å². The minimum Gasteiger partial charge on any atom is -0.455 e. The molecule has 2 aromatic rings. The van der Waals surface area contributed by atoms with Gasteiger partial charge in [0.25, 0.3) is 5.91 Å². The van der Waals surface area contributed by atoms with Crippen LogP contribution in [0.2, 0.25) is 0 Å². The van der Waals surface area contributed by atoms with Gasteiger partial charge in [0.05, 0.1) is 25.2 Å². The first kappa shape index (κ1) is 21.5. The van der Waals surface area contributed by atoms with Gasteiger partial charge in [-0.25, -0.2) is 0 Å². The monoisotopic (exact) mass is 442 g/mol. The fourth-order valence-electron chi connectivity index (χ4n) is 4.08. The Morgan fingerprint density at radius 1 is 1.16 bits per heavy atom. The number of piperidine rings is 1. The molecule has 0 N–H and O–H groups in total. The zero-order valence-electron chi connectivity index (χ0n) is 17.5. The molecule has 0 spiro atoms. The van der Waals surface area contributed by atoms with Crippen LogP contribution in [-0.2, 0) is 23.9 Å². The smallest absolute Gasteiger partial charge is 0.311 e. The highest BCUT2D eigenvalue weighted by Gasteiger charge is 2.43. The Labute approximate surface area is 185 Å². The van der Waals surface area contributed by atoms with Crippen LogP contribution in [0, 0.1) is 12.8 Å². The molecule has 1 aromatic heterocycles. The van der Waals surface area contributed by atoms with Crippen LogP contribution in [0.3, 0.4) is 0 Å². The number of nitrogens with zero attached hydrogens (tertiary/aromatic N) is 2. The molecule has 8 heteroatoms. The number of amides is 2. The zero-order valence-corrected chi connectivity index (χ0v) is 18.3. The summed E-state index contributed by atoms with van der Waals surface area (Å²) in [7, 11) is 0. The Morgan fingerprint density at radius 2 is 1.90 bits per heavy atom. The summed E-state index contributed by atoms with van der Waals surface area (Å²) in [6.07, 6.45) is 0.654. The number of benzene rings is 1. The number of ether oxygens (including phenoxy) is 2. The molecule has 2 atom stereocenters. The zero-order chi connectivity index (χ0) is 21.8. The van der Waals surface area contributed by atoms with Crippen LogP contribution in [0.5, 0.6) is 0 Å². The molecule has 164 valence electrons. The first-order valence-electron chi connectivity index (χ1n) is 10.5. The van der Waals surface area contributed by atoms with Gasteiger partial charge in [0.1, 0.15) is 0 Å². The Kier molecular flexibility index (Phi) is 6.67. The van der Waals surface area contributed by atoms with Crippen molar-refractivity contribution >= 4 is 34.8 Å². The molecule has 2 amide bonds. The van der Waals surface area contributed by atoms with Crippen molar-refractivity contribution in [2.75, 3.05) is 37.8 Å². The van der Waals surface area contributed by atoms with E-state index in [1.54, 1.807) is 9.80 Å². The second-order valence-corrected chi connectivity index (χ2v) is 8.78. The van der Waals surface area contributed by atoms with Crippen LogP contribution in [0.4, 0.5) is 5.69 Å². The second kappa shape index (κ2) is 9.62. The summed E-state index contributed by atoms with van der Waals surface area (Å²) in [5.74, 6) is -1.21. The summed E-state index contributed by atoms with van der Waals surface area (Å²) in [5, 5.41) is 1.94. The van der Waals surface area contributed by atoms with Gasteiger partial charge in [-0.2, -0.15) is 0 Å². The molecule has 1 aromatic carbocycles. The van der Waals surface area contributed by atoms with Gasteiger partial charge < -0.3 is 19.3 Å². The molecule has 2 aliphatic rings. The minimum absolute atomic E-state index is 0.0179. The van der Waals surface area contributed by atoms with Gasteiger partial charge in [-0.1, -0.05) is 23.8 Å². The molecule has 0 bridgehead atoms. The Hall–Kier alpha value is -2.71. The van der Waals surface area contributed by atoms with Crippen LogP contribution in [0.15, 0.2) is 41.8 Å². The number of hydrogen-bond acceptors (Lipinski definition) is 6. The van der Waals surface area contributed by atoms with Crippen LogP contribution in [0.25, 0.3) is 0 Å². The molecule has 3 heterocycles. The average molecular weight is 443 g/mol. The Balaban J connectivity index is 1.54. The van der Waals surface area contributed by atoms with Crippen LogP contribution >= 0.6 is 11.3 Å². The van der Waals surface area contributed by atoms with E-state index in [1.165, 1.54) is 11.3 Å². The molecular weight excluding hydrogens is 416 g/mol. The highest BCUT2D eigenvalue weighted by atomic mass is 32.1. The summed E-state index contributed by atoms with van der Waals surface area (Å²) in [6.45, 7) is 3.71. The standard InChI is InChI=1S/C23H26N2O5S/c1-16-4-6-17(7-5-16)25-20(26)9-8-18(22(25)19-3-2-14-31-19)23(28)30-15-21(27)24-10-12-29-13-11-24/h2-7,14,18,22H,8-13,15H2,1H3. The number of esters is 1. The molecule has 7 nitrogen and oxygen atoms in total. The van der Waals surface area contributed by atoms with E-state index in [0.717, 1.165) is 16.1 Å². The van der Waals surface area contributed by atoms with Crippen molar-refractivity contribution in [2.45, 2.75) is 25.8 Å². The molecule has 0 radical (unpaired) electrons. The van der Waals surface area contributed by atoms with Crippen LogP contribution < -0.4 is 4.90 Å². The topological polar surface area (TPSA) is 76.2 Å². The van der Waals surface area contributed by atoms with E-state index in [-0.39, 0.29) is 24.8 Å². The number of aryl methyl sites for hydroxylation is 1. The average Bonchev–Trinajstić information content (AvgIpc) is 3.33. The fourth-order valence-corrected chi connectivity index (χ4v) is 4.96. The van der Waals surface area contributed by atoms with Crippen molar-refractivity contribution in [1.29, 1.82) is 0 Å². The molecule has 4 rings (SSSR count). The summed E-state index contributed by atoms with van der Waals surface area (Å²) in [4.78, 5) is 42.7. The van der Waals surface area contributed by atoms with E-state index in [1.807, 2.05) is 48.7 Å². The van der Waals surface area contributed by atoms with E-state index in [0.29, 0.717) is 32.7 Å². The van der Waals surface area contributed by atoms with Crippen molar-refractivity contribution in [3.05, 3.63) is 52.2 Å². The molecule has 2 aliphatic heterocycles. The lowest BCUT2D eigenvalue weighted by atomic mass is 9.87. The number of rotatable bonds is 5. The van der Waals surface area contributed by atoms with Gasteiger partial charge in [-0.15, -0.1) is 11.3 Å². The minimum atomic E-state index is -0.532. The summed E-state index contributed by atoms with van der Waals surface area (Å²) in [6, 6.07) is 11.1. The van der Waals surface area contributed by atoms with Gasteiger partial charge in [0.15, 0.2) is 6.61 Å². The maximum absolute atomic E-state index is 13.1. The third-order valence-corrected chi connectivity index (χ3v) is 6.69. The van der Waals surface area contributed by atoms with Crippen molar-refractivity contribution in [1.82, 2.24) is 4.90 Å². The van der Waals surface area contributed by atoms with Gasteiger partial charge in [-0.05, 0) is 36.9 Å². The summed E-state index contributed by atoms with van der Waals surface area (Å²) < 4.78 is 10.7. The largest absolute Gasteiger partial charge is 0.455 e. The Bertz CT molecular complexity index is 922. The van der Waals surface area contributed by atoms with Gasteiger partial charge in [-0.3, -0.25) is 14.4 Å². The van der Waals surface area contributed by atoms with Gasteiger partial charge >= 0.3 is 5.97 Å². The van der Waals surface area contributed by atoms with Gasteiger partial charge in [0.2, 0.25) is 5.91 Å². The predicted molar refractivity (Wildman–Crippen MR) is 117 cm³/mol. The fraction of sp³-hybridized carbons (Fsp3) is 0.435.